The molecule has 1 saturated heterocycles. The van der Waals surface area contributed by atoms with E-state index in [1.807, 2.05) is 0 Å². The molecule has 1 aliphatic heterocycles. The first-order chi connectivity index (χ1) is 7.24. The van der Waals surface area contributed by atoms with Crippen LogP contribution in [0.1, 0.15) is 32.4 Å². The summed E-state index contributed by atoms with van der Waals surface area (Å²) in [6.07, 6.45) is 5.96. The zero-order valence-electron chi connectivity index (χ0n) is 9.65. The minimum atomic E-state index is 0.821. The van der Waals surface area contributed by atoms with E-state index in [-0.39, 0.29) is 0 Å². The molecule has 0 radical (unpaired) electrons. The summed E-state index contributed by atoms with van der Waals surface area (Å²) in [5, 5.41) is 0. The van der Waals surface area contributed by atoms with Crippen molar-refractivity contribution in [1.29, 1.82) is 0 Å². The first kappa shape index (κ1) is 10.7. The predicted octanol–water partition coefficient (Wildman–Crippen LogP) is 2.54. The lowest BCUT2D eigenvalue weighted by Gasteiger charge is -2.15. The Kier molecular flexibility index (Phi) is 3.41. The van der Waals surface area contributed by atoms with Crippen molar-refractivity contribution < 1.29 is 4.42 Å². The molecule has 1 fully saturated rings. The molecule has 1 atom stereocenters. The van der Waals surface area contributed by atoms with Crippen LogP contribution in [0, 0.1) is 11.8 Å². The molecule has 1 aliphatic rings. The Balaban J connectivity index is 1.78. The van der Waals surface area contributed by atoms with Crippen molar-refractivity contribution in [2.24, 2.45) is 11.8 Å². The molecule has 1 aromatic heterocycles. The number of likely N-dealkylation sites (tertiary alicyclic amines) is 1. The van der Waals surface area contributed by atoms with Crippen molar-refractivity contribution in [3.05, 3.63) is 18.4 Å². The number of hydrogen-bond acceptors (Lipinski definition) is 3. The Morgan fingerprint density at radius 1 is 1.60 bits per heavy atom. The predicted molar refractivity (Wildman–Crippen MR) is 59.3 cm³/mol. The van der Waals surface area contributed by atoms with Crippen molar-refractivity contribution in [3.63, 3.8) is 0 Å². The normalized spacial score (nSPS) is 22.7. The summed E-state index contributed by atoms with van der Waals surface area (Å²) in [5.41, 5.74) is 1.06. The highest BCUT2D eigenvalue weighted by molar-refractivity contribution is 4.92. The van der Waals surface area contributed by atoms with Gasteiger partial charge in [0.05, 0.1) is 5.69 Å². The van der Waals surface area contributed by atoms with Gasteiger partial charge in [-0.05, 0) is 31.2 Å². The van der Waals surface area contributed by atoms with E-state index in [0.29, 0.717) is 0 Å². The minimum absolute atomic E-state index is 0.821. The van der Waals surface area contributed by atoms with E-state index in [1.165, 1.54) is 32.3 Å². The molecule has 15 heavy (non-hydrogen) atoms. The molecule has 3 heteroatoms. The Morgan fingerprint density at radius 3 is 3.13 bits per heavy atom. The first-order valence-electron chi connectivity index (χ1n) is 5.83. The van der Waals surface area contributed by atoms with Crippen LogP contribution in [-0.4, -0.2) is 23.0 Å². The van der Waals surface area contributed by atoms with E-state index in [9.17, 15) is 0 Å². The maximum Gasteiger partial charge on any atom is 0.180 e. The average molecular weight is 208 g/mol. The van der Waals surface area contributed by atoms with Gasteiger partial charge in [-0.25, -0.2) is 4.98 Å². The second kappa shape index (κ2) is 4.79. The van der Waals surface area contributed by atoms with Gasteiger partial charge in [-0.2, -0.15) is 0 Å². The third-order valence-corrected chi connectivity index (χ3v) is 3.04. The van der Waals surface area contributed by atoms with Crippen molar-refractivity contribution in [3.8, 4) is 0 Å². The average Bonchev–Trinajstić information content (AvgIpc) is 2.77. The molecule has 3 nitrogen and oxygen atoms in total. The van der Waals surface area contributed by atoms with Gasteiger partial charge < -0.3 is 4.42 Å². The lowest BCUT2D eigenvalue weighted by Crippen LogP contribution is -2.20. The van der Waals surface area contributed by atoms with E-state index in [0.717, 1.165) is 24.1 Å². The molecular formula is C12H20N2O. The fraction of sp³-hybridized carbons (Fsp3) is 0.750. The summed E-state index contributed by atoms with van der Waals surface area (Å²) in [7, 11) is 0. The van der Waals surface area contributed by atoms with Gasteiger partial charge in [-0.15, -0.1) is 0 Å². The van der Waals surface area contributed by atoms with Gasteiger partial charge in [0.2, 0.25) is 0 Å². The van der Waals surface area contributed by atoms with Crippen LogP contribution in [0.15, 0.2) is 17.1 Å². The van der Waals surface area contributed by atoms with Crippen LogP contribution in [0.3, 0.4) is 0 Å². The minimum Gasteiger partial charge on any atom is -0.451 e. The van der Waals surface area contributed by atoms with E-state index < -0.39 is 0 Å². The monoisotopic (exact) mass is 208 g/mol. The maximum atomic E-state index is 4.98. The van der Waals surface area contributed by atoms with Gasteiger partial charge in [-0.1, -0.05) is 13.8 Å². The second-order valence-corrected chi connectivity index (χ2v) is 5.00. The lowest BCUT2D eigenvalue weighted by molar-refractivity contribution is 0.302. The highest BCUT2D eigenvalue weighted by Crippen LogP contribution is 2.24. The quantitative estimate of drug-likeness (QED) is 0.761. The second-order valence-electron chi connectivity index (χ2n) is 5.00. The van der Waals surface area contributed by atoms with Gasteiger partial charge in [-0.3, -0.25) is 4.90 Å². The van der Waals surface area contributed by atoms with Crippen molar-refractivity contribution in [2.45, 2.75) is 33.2 Å². The van der Waals surface area contributed by atoms with Crippen LogP contribution in [0.2, 0.25) is 0 Å². The molecule has 0 aromatic carbocycles. The number of nitrogens with zero attached hydrogens (tertiary/aromatic N) is 2. The van der Waals surface area contributed by atoms with Crippen LogP contribution in [0.25, 0.3) is 0 Å². The molecule has 84 valence electrons. The number of rotatable bonds is 4. The maximum absolute atomic E-state index is 4.98. The van der Waals surface area contributed by atoms with Crippen LogP contribution in [-0.2, 0) is 6.54 Å². The fourth-order valence-electron chi connectivity index (χ4n) is 2.46. The van der Waals surface area contributed by atoms with Gasteiger partial charge in [0, 0.05) is 13.1 Å². The van der Waals surface area contributed by atoms with Crippen molar-refractivity contribution in [1.82, 2.24) is 9.88 Å². The Morgan fingerprint density at radius 2 is 2.47 bits per heavy atom. The highest BCUT2D eigenvalue weighted by atomic mass is 16.3. The summed E-state index contributed by atoms with van der Waals surface area (Å²) < 4.78 is 4.98. The van der Waals surface area contributed by atoms with Crippen LogP contribution in [0.4, 0.5) is 0 Å². The van der Waals surface area contributed by atoms with Gasteiger partial charge in [0.1, 0.15) is 6.26 Å². The van der Waals surface area contributed by atoms with Crippen molar-refractivity contribution >= 4 is 0 Å². The van der Waals surface area contributed by atoms with Gasteiger partial charge >= 0.3 is 0 Å². The SMILES string of the molecule is CC(C)CC1CCN(Cc2cocn2)C1. The molecule has 2 heterocycles. The van der Waals surface area contributed by atoms with E-state index in [4.69, 9.17) is 4.42 Å². The Hall–Kier alpha value is -0.830. The first-order valence-corrected chi connectivity index (χ1v) is 5.83. The molecule has 0 spiro atoms. The summed E-state index contributed by atoms with van der Waals surface area (Å²) in [5.74, 6) is 1.71. The van der Waals surface area contributed by atoms with Crippen LogP contribution in [0.5, 0.6) is 0 Å². The van der Waals surface area contributed by atoms with E-state index in [2.05, 4.69) is 23.7 Å². The molecule has 1 unspecified atom stereocenters. The number of aromatic nitrogens is 1. The summed E-state index contributed by atoms with van der Waals surface area (Å²) in [4.78, 5) is 6.63. The Bertz CT molecular complexity index is 282. The van der Waals surface area contributed by atoms with Gasteiger partial charge in [0.15, 0.2) is 6.39 Å². The van der Waals surface area contributed by atoms with Crippen LogP contribution >= 0.6 is 0 Å². The molecular weight excluding hydrogens is 188 g/mol. The number of oxazole rings is 1. The molecule has 0 N–H and O–H groups in total. The third kappa shape index (κ3) is 3.06. The largest absolute Gasteiger partial charge is 0.451 e. The van der Waals surface area contributed by atoms with E-state index >= 15 is 0 Å². The molecule has 2 rings (SSSR count). The zero-order valence-corrected chi connectivity index (χ0v) is 9.65. The molecule has 1 aromatic rings. The molecule has 0 amide bonds. The molecule has 0 saturated carbocycles. The summed E-state index contributed by atoms with van der Waals surface area (Å²) in [6, 6.07) is 0. The van der Waals surface area contributed by atoms with Gasteiger partial charge in [0.25, 0.3) is 0 Å². The fourth-order valence-corrected chi connectivity index (χ4v) is 2.46. The highest BCUT2D eigenvalue weighted by Gasteiger charge is 2.23. The third-order valence-electron chi connectivity index (χ3n) is 3.04. The topological polar surface area (TPSA) is 29.3 Å². The molecule has 0 bridgehead atoms. The van der Waals surface area contributed by atoms with Crippen LogP contribution < -0.4 is 0 Å². The standard InChI is InChI=1S/C12H20N2O/c1-10(2)5-11-3-4-14(6-11)7-12-8-15-9-13-12/h8-11H,3-7H2,1-2H3. The Labute approximate surface area is 91.5 Å². The lowest BCUT2D eigenvalue weighted by atomic mass is 9.97. The van der Waals surface area contributed by atoms with E-state index in [1.54, 1.807) is 6.26 Å². The zero-order chi connectivity index (χ0) is 10.7. The smallest absolute Gasteiger partial charge is 0.180 e. The molecule has 0 aliphatic carbocycles. The number of hydrogen-bond donors (Lipinski definition) is 0. The van der Waals surface area contributed by atoms with Crippen molar-refractivity contribution in [2.75, 3.05) is 13.1 Å². The summed E-state index contributed by atoms with van der Waals surface area (Å²) in [6.45, 7) is 8.00. The summed E-state index contributed by atoms with van der Waals surface area (Å²) >= 11 is 0.